The van der Waals surface area contributed by atoms with Gasteiger partial charge in [0.15, 0.2) is 0 Å². The Labute approximate surface area is 111 Å². The zero-order valence-electron chi connectivity index (χ0n) is 9.95. The van der Waals surface area contributed by atoms with E-state index in [2.05, 4.69) is 34.1 Å². The predicted molar refractivity (Wildman–Crippen MR) is 69.4 cm³/mol. The van der Waals surface area contributed by atoms with E-state index in [9.17, 15) is 0 Å². The first-order valence-corrected chi connectivity index (χ1v) is 6.64. The minimum absolute atomic E-state index is 0.129. The summed E-state index contributed by atoms with van der Waals surface area (Å²) < 4.78 is 0. The molecule has 6 heteroatoms. The summed E-state index contributed by atoms with van der Waals surface area (Å²) in [6, 6.07) is 0.390. The lowest BCUT2D eigenvalue weighted by atomic mass is 9.80. The molecule has 2 rings (SSSR count). The van der Waals surface area contributed by atoms with Crippen LogP contribution in [0.25, 0.3) is 0 Å². The lowest BCUT2D eigenvalue weighted by Crippen LogP contribution is -2.33. The van der Waals surface area contributed by atoms with Gasteiger partial charge in [-0.15, -0.1) is 0 Å². The van der Waals surface area contributed by atoms with Crippen molar-refractivity contribution in [3.05, 3.63) is 10.6 Å². The Bertz CT molecular complexity index is 379. The number of aromatic nitrogens is 3. The van der Waals surface area contributed by atoms with Gasteiger partial charge in [-0.2, -0.15) is 15.0 Å². The van der Waals surface area contributed by atoms with Crippen molar-refractivity contribution in [3.63, 3.8) is 0 Å². The Hall–Kier alpha value is -0.610. The van der Waals surface area contributed by atoms with Gasteiger partial charge in [0, 0.05) is 6.04 Å². The molecule has 0 aromatic carbocycles. The summed E-state index contributed by atoms with van der Waals surface area (Å²) in [7, 11) is 0. The second kappa shape index (κ2) is 5.36. The molecule has 17 heavy (non-hydrogen) atoms. The van der Waals surface area contributed by atoms with E-state index in [1.165, 1.54) is 12.8 Å². The molecule has 3 unspecified atom stereocenters. The minimum atomic E-state index is 0.129. The molecule has 0 amide bonds. The van der Waals surface area contributed by atoms with Crippen molar-refractivity contribution in [2.45, 2.75) is 39.2 Å². The molecule has 4 nitrogen and oxygen atoms in total. The Kier molecular flexibility index (Phi) is 4.05. The molecule has 1 aliphatic rings. The van der Waals surface area contributed by atoms with Crippen molar-refractivity contribution in [2.24, 2.45) is 11.8 Å². The lowest BCUT2D eigenvalue weighted by Gasteiger charge is -2.33. The van der Waals surface area contributed by atoms with E-state index in [1.54, 1.807) is 0 Å². The van der Waals surface area contributed by atoms with Gasteiger partial charge >= 0.3 is 0 Å². The highest BCUT2D eigenvalue weighted by Gasteiger charge is 2.25. The van der Waals surface area contributed by atoms with Crippen molar-refractivity contribution < 1.29 is 0 Å². The molecule has 0 aliphatic heterocycles. The van der Waals surface area contributed by atoms with Gasteiger partial charge in [0.25, 0.3) is 0 Å². The molecular weight excluding hydrogens is 259 g/mol. The minimum Gasteiger partial charge on any atom is -0.351 e. The number of hydrogen-bond acceptors (Lipinski definition) is 4. The maximum Gasteiger partial charge on any atom is 0.228 e. The molecule has 0 spiro atoms. The average Bonchev–Trinajstić information content (AvgIpc) is 2.21. The topological polar surface area (TPSA) is 50.7 Å². The molecular formula is C11H16Cl2N4. The van der Waals surface area contributed by atoms with Crippen LogP contribution in [0.4, 0.5) is 5.95 Å². The third kappa shape index (κ3) is 3.42. The highest BCUT2D eigenvalue weighted by atomic mass is 35.5. The average molecular weight is 275 g/mol. The molecule has 0 saturated heterocycles. The summed E-state index contributed by atoms with van der Waals surface area (Å²) in [5.74, 6) is 1.88. The number of hydrogen-bond donors (Lipinski definition) is 1. The molecule has 1 heterocycles. The molecule has 0 bridgehead atoms. The van der Waals surface area contributed by atoms with E-state index >= 15 is 0 Å². The normalized spacial score (nSPS) is 29.1. The van der Waals surface area contributed by atoms with Crippen molar-refractivity contribution in [1.82, 2.24) is 15.0 Å². The van der Waals surface area contributed by atoms with Crippen LogP contribution in [0.15, 0.2) is 0 Å². The van der Waals surface area contributed by atoms with Crippen molar-refractivity contribution in [1.29, 1.82) is 0 Å². The summed E-state index contributed by atoms with van der Waals surface area (Å²) in [4.78, 5) is 11.8. The van der Waals surface area contributed by atoms with Crippen molar-refractivity contribution in [2.75, 3.05) is 5.32 Å². The van der Waals surface area contributed by atoms with E-state index in [0.717, 1.165) is 12.3 Å². The van der Waals surface area contributed by atoms with Gasteiger partial charge in [0.1, 0.15) is 0 Å². The van der Waals surface area contributed by atoms with Crippen LogP contribution in [0, 0.1) is 11.8 Å². The number of nitrogens with one attached hydrogen (secondary N) is 1. The second-order valence-corrected chi connectivity index (χ2v) is 5.52. The van der Waals surface area contributed by atoms with Gasteiger partial charge in [-0.05, 0) is 54.3 Å². The fourth-order valence-electron chi connectivity index (χ4n) is 2.44. The number of nitrogens with zero attached hydrogens (tertiary/aromatic N) is 3. The maximum atomic E-state index is 5.74. The van der Waals surface area contributed by atoms with Gasteiger partial charge in [0.2, 0.25) is 16.5 Å². The molecule has 3 atom stereocenters. The van der Waals surface area contributed by atoms with Gasteiger partial charge in [-0.3, -0.25) is 0 Å². The largest absolute Gasteiger partial charge is 0.351 e. The standard InChI is InChI=1S/C11H16Cl2N4/c1-6-3-4-8(7(2)5-6)14-11-16-9(12)15-10(13)17-11/h6-8H,3-5H2,1-2H3,(H,14,15,16,17). The third-order valence-corrected chi connectivity index (χ3v) is 3.66. The predicted octanol–water partition coefficient (Wildman–Crippen LogP) is 3.42. The highest BCUT2D eigenvalue weighted by molar-refractivity contribution is 6.31. The second-order valence-electron chi connectivity index (χ2n) is 4.84. The monoisotopic (exact) mass is 274 g/mol. The number of halogens is 2. The molecule has 0 radical (unpaired) electrons. The quantitative estimate of drug-likeness (QED) is 0.898. The number of anilines is 1. The molecule has 94 valence electrons. The van der Waals surface area contributed by atoms with Crippen LogP contribution in [-0.4, -0.2) is 21.0 Å². The van der Waals surface area contributed by atoms with Crippen LogP contribution in [-0.2, 0) is 0 Å². The van der Waals surface area contributed by atoms with E-state index in [1.807, 2.05) is 0 Å². The van der Waals surface area contributed by atoms with Gasteiger partial charge in [0.05, 0.1) is 0 Å². The van der Waals surface area contributed by atoms with Crippen molar-refractivity contribution in [3.8, 4) is 0 Å². The Morgan fingerprint density at radius 1 is 1.06 bits per heavy atom. The van der Waals surface area contributed by atoms with Gasteiger partial charge in [-0.1, -0.05) is 13.8 Å². The zero-order valence-corrected chi connectivity index (χ0v) is 11.5. The summed E-state index contributed by atoms with van der Waals surface area (Å²) in [5, 5.41) is 3.56. The number of rotatable bonds is 2. The van der Waals surface area contributed by atoms with E-state index in [4.69, 9.17) is 23.2 Å². The maximum absolute atomic E-state index is 5.74. The van der Waals surface area contributed by atoms with Crippen LogP contribution in [0.2, 0.25) is 10.6 Å². The summed E-state index contributed by atoms with van der Waals surface area (Å²) in [6.45, 7) is 4.54. The van der Waals surface area contributed by atoms with Crippen LogP contribution < -0.4 is 5.32 Å². The zero-order chi connectivity index (χ0) is 12.4. The van der Waals surface area contributed by atoms with E-state index in [0.29, 0.717) is 17.9 Å². The van der Waals surface area contributed by atoms with E-state index < -0.39 is 0 Å². The van der Waals surface area contributed by atoms with Crippen LogP contribution in [0.3, 0.4) is 0 Å². The first kappa shape index (κ1) is 12.8. The smallest absolute Gasteiger partial charge is 0.228 e. The van der Waals surface area contributed by atoms with E-state index in [-0.39, 0.29) is 10.6 Å². The summed E-state index contributed by atoms with van der Waals surface area (Å²) in [5.41, 5.74) is 0. The van der Waals surface area contributed by atoms with Gasteiger partial charge in [-0.25, -0.2) is 0 Å². The Morgan fingerprint density at radius 2 is 1.71 bits per heavy atom. The Morgan fingerprint density at radius 3 is 2.29 bits per heavy atom. The van der Waals surface area contributed by atoms with Crippen LogP contribution in [0.5, 0.6) is 0 Å². The molecule has 1 aromatic heterocycles. The molecule has 1 aromatic rings. The highest BCUT2D eigenvalue weighted by Crippen LogP contribution is 2.30. The van der Waals surface area contributed by atoms with Crippen molar-refractivity contribution >= 4 is 29.2 Å². The Balaban J connectivity index is 2.05. The summed E-state index contributed by atoms with van der Waals surface area (Å²) in [6.07, 6.45) is 3.59. The fraction of sp³-hybridized carbons (Fsp3) is 0.727. The lowest BCUT2D eigenvalue weighted by molar-refractivity contribution is 0.276. The molecule has 1 aliphatic carbocycles. The SMILES string of the molecule is CC1CCC(Nc2nc(Cl)nc(Cl)n2)C(C)C1. The first-order valence-electron chi connectivity index (χ1n) is 5.88. The van der Waals surface area contributed by atoms with Gasteiger partial charge < -0.3 is 5.32 Å². The molecule has 1 N–H and O–H groups in total. The molecule has 1 saturated carbocycles. The first-order chi connectivity index (χ1) is 8.04. The van der Waals surface area contributed by atoms with Crippen LogP contribution in [0.1, 0.15) is 33.1 Å². The van der Waals surface area contributed by atoms with Crippen LogP contribution >= 0.6 is 23.2 Å². The summed E-state index contributed by atoms with van der Waals surface area (Å²) >= 11 is 11.5. The molecule has 1 fully saturated rings. The fourth-order valence-corrected chi connectivity index (χ4v) is 2.80. The third-order valence-electron chi connectivity index (χ3n) is 3.33.